The molecule has 2 aromatic carbocycles. The molecule has 0 saturated heterocycles. The molecule has 1 atom stereocenters. The minimum atomic E-state index is -1.12. The zero-order valence-electron chi connectivity index (χ0n) is 20.8. The van der Waals surface area contributed by atoms with Crippen LogP contribution < -0.4 is 15.4 Å². The molecule has 0 saturated carbocycles. The Hall–Kier alpha value is -4.14. The van der Waals surface area contributed by atoms with Crippen molar-refractivity contribution in [3.63, 3.8) is 0 Å². The molecule has 9 nitrogen and oxygen atoms in total. The Balaban J connectivity index is 1.52. The Labute approximate surface area is 210 Å². The smallest absolute Gasteiger partial charge is 0.273 e. The van der Waals surface area contributed by atoms with Gasteiger partial charge >= 0.3 is 0 Å². The predicted octanol–water partition coefficient (Wildman–Crippen LogP) is 2.76. The number of nitrogens with one attached hydrogen (secondary N) is 2. The summed E-state index contributed by atoms with van der Waals surface area (Å²) in [6.45, 7) is 4.93. The number of hydrogen-bond acceptors (Lipinski definition) is 5. The highest BCUT2D eigenvalue weighted by Gasteiger charge is 2.48. The fraction of sp³-hybridized carbons (Fsp3) is 0.333. The van der Waals surface area contributed by atoms with Gasteiger partial charge in [-0.25, -0.2) is 4.98 Å². The van der Waals surface area contributed by atoms with Crippen LogP contribution in [0.2, 0.25) is 0 Å². The number of rotatable bonds is 9. The minimum absolute atomic E-state index is 0.0568. The summed E-state index contributed by atoms with van der Waals surface area (Å²) in [4.78, 5) is 45.8. The molecule has 0 fully saturated rings. The maximum atomic E-state index is 13.6. The first-order chi connectivity index (χ1) is 17.4. The van der Waals surface area contributed by atoms with Gasteiger partial charge < -0.3 is 24.8 Å². The van der Waals surface area contributed by atoms with Gasteiger partial charge in [-0.2, -0.15) is 0 Å². The number of imidazole rings is 1. The van der Waals surface area contributed by atoms with Gasteiger partial charge in [-0.1, -0.05) is 49.4 Å². The van der Waals surface area contributed by atoms with Crippen LogP contribution in [0, 0.1) is 0 Å². The molecule has 188 valence electrons. The average Bonchev–Trinajstić information content (AvgIpc) is 3.33. The van der Waals surface area contributed by atoms with Crippen LogP contribution in [0.15, 0.2) is 60.9 Å². The van der Waals surface area contributed by atoms with E-state index in [2.05, 4.69) is 15.6 Å². The van der Waals surface area contributed by atoms with Crippen molar-refractivity contribution in [3.05, 3.63) is 83.4 Å². The molecule has 0 spiro atoms. The second kappa shape index (κ2) is 10.6. The Morgan fingerprint density at radius 2 is 1.69 bits per heavy atom. The van der Waals surface area contributed by atoms with Gasteiger partial charge in [-0.05, 0) is 36.6 Å². The highest BCUT2D eigenvalue weighted by Crippen LogP contribution is 2.29. The lowest BCUT2D eigenvalue weighted by molar-refractivity contribution is -0.133. The summed E-state index contributed by atoms with van der Waals surface area (Å²) in [5.41, 5.74) is 0.994. The first kappa shape index (κ1) is 25.0. The molecular weight excluding hydrogens is 458 g/mol. The molecular formula is C27H31N5O4. The van der Waals surface area contributed by atoms with Gasteiger partial charge in [-0.3, -0.25) is 14.4 Å². The number of ether oxygens (including phenoxy) is 1. The van der Waals surface area contributed by atoms with E-state index in [4.69, 9.17) is 4.74 Å². The maximum Gasteiger partial charge on any atom is 0.273 e. The Kier molecular flexibility index (Phi) is 7.38. The topological polar surface area (TPSA) is 106 Å². The third-order valence-electron chi connectivity index (χ3n) is 6.42. The summed E-state index contributed by atoms with van der Waals surface area (Å²) < 4.78 is 6.77. The number of nitrogens with zero attached hydrogens (tertiary/aromatic N) is 3. The lowest BCUT2D eigenvalue weighted by Crippen LogP contribution is -2.64. The quantitative estimate of drug-likeness (QED) is 0.481. The number of aromatic nitrogens is 2. The monoisotopic (exact) mass is 489 g/mol. The number of methoxy groups -OCH3 is 1. The standard InChI is InChI=1S/C27H31N5O4/c1-4-14-32-25(34)23-22(24(33)28-15-20-10-12-21(36-3)13-11-20)30-18-31(23)17-27(32,2)26(35)29-16-19-8-6-5-7-9-19/h5-13,18H,4,14-17H2,1-3H3,(H,28,33)(H,29,35)/t27-/m1/s1. The number of fused-ring (bicyclic) bond motifs is 1. The van der Waals surface area contributed by atoms with Gasteiger partial charge in [0, 0.05) is 19.6 Å². The third-order valence-corrected chi connectivity index (χ3v) is 6.42. The van der Waals surface area contributed by atoms with Crippen molar-refractivity contribution in [1.82, 2.24) is 25.1 Å². The second-order valence-corrected chi connectivity index (χ2v) is 9.00. The number of carbonyl (C=O) groups is 3. The van der Waals surface area contributed by atoms with E-state index in [0.29, 0.717) is 19.5 Å². The third kappa shape index (κ3) is 4.95. The van der Waals surface area contributed by atoms with Crippen LogP contribution in [-0.2, 0) is 24.4 Å². The van der Waals surface area contributed by atoms with Crippen molar-refractivity contribution in [3.8, 4) is 5.75 Å². The normalized spacial score (nSPS) is 16.9. The maximum absolute atomic E-state index is 13.6. The van der Waals surface area contributed by atoms with Crippen LogP contribution in [0.5, 0.6) is 5.75 Å². The zero-order valence-corrected chi connectivity index (χ0v) is 20.8. The number of amides is 3. The minimum Gasteiger partial charge on any atom is -0.497 e. The van der Waals surface area contributed by atoms with Gasteiger partial charge in [0.15, 0.2) is 5.69 Å². The van der Waals surface area contributed by atoms with Gasteiger partial charge in [-0.15, -0.1) is 0 Å². The lowest BCUT2D eigenvalue weighted by atomic mass is 9.94. The summed E-state index contributed by atoms with van der Waals surface area (Å²) in [6, 6.07) is 17.0. The average molecular weight is 490 g/mol. The predicted molar refractivity (Wildman–Crippen MR) is 134 cm³/mol. The van der Waals surface area contributed by atoms with Crippen LogP contribution in [0.1, 0.15) is 52.4 Å². The Bertz CT molecular complexity index is 1240. The van der Waals surface area contributed by atoms with E-state index in [-0.39, 0.29) is 36.3 Å². The molecule has 1 aliphatic rings. The van der Waals surface area contributed by atoms with E-state index >= 15 is 0 Å². The first-order valence-electron chi connectivity index (χ1n) is 12.0. The molecule has 1 aliphatic heterocycles. The van der Waals surface area contributed by atoms with Crippen LogP contribution in [0.3, 0.4) is 0 Å². The molecule has 0 bridgehead atoms. The fourth-order valence-electron chi connectivity index (χ4n) is 4.41. The SMILES string of the molecule is CCCN1C(=O)c2c(C(=O)NCc3ccc(OC)cc3)ncn2C[C@]1(C)C(=O)NCc1ccccc1. The lowest BCUT2D eigenvalue weighted by Gasteiger charge is -2.43. The molecule has 3 amide bonds. The van der Waals surface area contributed by atoms with Crippen molar-refractivity contribution in [2.75, 3.05) is 13.7 Å². The molecule has 0 unspecified atom stereocenters. The zero-order chi connectivity index (χ0) is 25.7. The number of hydrogen-bond donors (Lipinski definition) is 2. The largest absolute Gasteiger partial charge is 0.497 e. The van der Waals surface area contributed by atoms with Gasteiger partial charge in [0.05, 0.1) is 20.0 Å². The second-order valence-electron chi connectivity index (χ2n) is 9.00. The molecule has 0 aliphatic carbocycles. The summed E-state index contributed by atoms with van der Waals surface area (Å²) in [5, 5.41) is 5.80. The van der Waals surface area contributed by atoms with Crippen molar-refractivity contribution in [2.24, 2.45) is 0 Å². The van der Waals surface area contributed by atoms with Crippen LogP contribution in [0.4, 0.5) is 0 Å². The fourth-order valence-corrected chi connectivity index (χ4v) is 4.41. The summed E-state index contributed by atoms with van der Waals surface area (Å²) in [5.74, 6) is -0.349. The summed E-state index contributed by atoms with van der Waals surface area (Å²) >= 11 is 0. The molecule has 9 heteroatoms. The molecule has 36 heavy (non-hydrogen) atoms. The number of carbonyl (C=O) groups excluding carboxylic acids is 3. The highest BCUT2D eigenvalue weighted by molar-refractivity contribution is 6.07. The molecule has 3 aromatic rings. The van der Waals surface area contributed by atoms with E-state index in [1.54, 1.807) is 23.5 Å². The first-order valence-corrected chi connectivity index (χ1v) is 12.0. The van der Waals surface area contributed by atoms with E-state index < -0.39 is 11.4 Å². The number of benzene rings is 2. The molecule has 4 rings (SSSR count). The van der Waals surface area contributed by atoms with Crippen LogP contribution >= 0.6 is 0 Å². The van der Waals surface area contributed by atoms with E-state index in [0.717, 1.165) is 16.9 Å². The van der Waals surface area contributed by atoms with Gasteiger partial charge in [0.25, 0.3) is 11.8 Å². The van der Waals surface area contributed by atoms with Crippen molar-refractivity contribution >= 4 is 17.7 Å². The molecule has 2 N–H and O–H groups in total. The van der Waals surface area contributed by atoms with E-state index in [1.165, 1.54) is 6.33 Å². The van der Waals surface area contributed by atoms with Crippen molar-refractivity contribution < 1.29 is 19.1 Å². The summed E-state index contributed by atoms with van der Waals surface area (Å²) in [7, 11) is 1.59. The molecule has 1 aromatic heterocycles. The highest BCUT2D eigenvalue weighted by atomic mass is 16.5. The molecule has 0 radical (unpaired) electrons. The Morgan fingerprint density at radius 3 is 2.36 bits per heavy atom. The van der Waals surface area contributed by atoms with E-state index in [9.17, 15) is 14.4 Å². The Morgan fingerprint density at radius 1 is 1.03 bits per heavy atom. The van der Waals surface area contributed by atoms with Crippen molar-refractivity contribution in [2.45, 2.75) is 45.4 Å². The van der Waals surface area contributed by atoms with Crippen LogP contribution in [0.25, 0.3) is 0 Å². The van der Waals surface area contributed by atoms with Crippen LogP contribution in [-0.4, -0.2) is 51.4 Å². The summed E-state index contributed by atoms with van der Waals surface area (Å²) in [6.07, 6.45) is 2.13. The molecule has 2 heterocycles. The van der Waals surface area contributed by atoms with Gasteiger partial charge in [0.2, 0.25) is 5.91 Å². The van der Waals surface area contributed by atoms with E-state index in [1.807, 2.05) is 61.5 Å². The van der Waals surface area contributed by atoms with Crippen molar-refractivity contribution in [1.29, 1.82) is 0 Å². The van der Waals surface area contributed by atoms with Gasteiger partial charge in [0.1, 0.15) is 17.0 Å².